The van der Waals surface area contributed by atoms with Crippen molar-refractivity contribution in [2.45, 2.75) is 19.9 Å². The summed E-state index contributed by atoms with van der Waals surface area (Å²) in [5.74, 6) is -0.0771. The van der Waals surface area contributed by atoms with E-state index in [4.69, 9.17) is 5.73 Å². The normalized spacial score (nSPS) is 12.3. The molecule has 0 saturated heterocycles. The predicted molar refractivity (Wildman–Crippen MR) is 64.9 cm³/mol. The molecule has 0 bridgehead atoms. The van der Waals surface area contributed by atoms with Crippen LogP contribution in [0.25, 0.3) is 0 Å². The topological polar surface area (TPSA) is 55.1 Å². The maximum absolute atomic E-state index is 11.8. The average Bonchev–Trinajstić information content (AvgIpc) is 2.21. The molecule has 82 valence electrons. The van der Waals surface area contributed by atoms with Gasteiger partial charge in [-0.3, -0.25) is 4.79 Å². The Morgan fingerprint density at radius 3 is 2.87 bits per heavy atom. The van der Waals surface area contributed by atoms with E-state index >= 15 is 0 Å². The van der Waals surface area contributed by atoms with Crippen LogP contribution in [0.1, 0.15) is 22.8 Å². The minimum absolute atomic E-state index is 0.00381. The molecule has 0 aliphatic carbocycles. The molecular weight excluding hydrogens is 256 g/mol. The molecule has 4 heteroatoms. The van der Waals surface area contributed by atoms with E-state index in [-0.39, 0.29) is 11.9 Å². The van der Waals surface area contributed by atoms with E-state index in [9.17, 15) is 4.79 Å². The first-order valence-corrected chi connectivity index (χ1v) is 5.61. The number of hydrogen-bond acceptors (Lipinski definition) is 2. The maximum Gasteiger partial charge on any atom is 0.251 e. The fourth-order valence-electron chi connectivity index (χ4n) is 1.20. The Hall–Kier alpha value is -0.870. The second kappa shape index (κ2) is 5.28. The number of benzene rings is 1. The number of amides is 1. The lowest BCUT2D eigenvalue weighted by atomic mass is 10.1. The van der Waals surface area contributed by atoms with Crippen LogP contribution in [0, 0.1) is 6.92 Å². The summed E-state index contributed by atoms with van der Waals surface area (Å²) in [6.45, 7) is 4.23. The van der Waals surface area contributed by atoms with Crippen molar-refractivity contribution in [3.63, 3.8) is 0 Å². The Kier molecular flexibility index (Phi) is 4.29. The van der Waals surface area contributed by atoms with Gasteiger partial charge in [0.15, 0.2) is 0 Å². The van der Waals surface area contributed by atoms with Gasteiger partial charge in [0.2, 0.25) is 0 Å². The fourth-order valence-corrected chi connectivity index (χ4v) is 1.56. The first-order chi connectivity index (χ1) is 7.04. The summed E-state index contributed by atoms with van der Waals surface area (Å²) in [4.78, 5) is 11.8. The molecule has 0 aromatic heterocycles. The van der Waals surface area contributed by atoms with Crippen LogP contribution in [0.4, 0.5) is 0 Å². The van der Waals surface area contributed by atoms with Crippen LogP contribution in [-0.2, 0) is 0 Å². The van der Waals surface area contributed by atoms with Crippen LogP contribution < -0.4 is 11.1 Å². The molecule has 0 radical (unpaired) electrons. The summed E-state index contributed by atoms with van der Waals surface area (Å²) >= 11 is 3.34. The van der Waals surface area contributed by atoms with Gasteiger partial charge in [0.05, 0.1) is 0 Å². The fraction of sp³-hybridized carbons (Fsp3) is 0.364. The van der Waals surface area contributed by atoms with Crippen molar-refractivity contribution >= 4 is 21.8 Å². The Balaban J connectivity index is 2.86. The molecular formula is C11H15BrN2O. The van der Waals surface area contributed by atoms with Crippen LogP contribution in [0.2, 0.25) is 0 Å². The molecule has 0 aliphatic heterocycles. The van der Waals surface area contributed by atoms with Crippen LogP contribution >= 0.6 is 15.9 Å². The summed E-state index contributed by atoms with van der Waals surface area (Å²) in [6, 6.07) is 5.63. The van der Waals surface area contributed by atoms with Gasteiger partial charge in [-0.1, -0.05) is 22.0 Å². The zero-order valence-corrected chi connectivity index (χ0v) is 10.5. The quantitative estimate of drug-likeness (QED) is 0.881. The molecule has 1 rings (SSSR count). The van der Waals surface area contributed by atoms with Crippen molar-refractivity contribution in [2.24, 2.45) is 5.73 Å². The lowest BCUT2D eigenvalue weighted by Crippen LogP contribution is -2.38. The molecule has 0 saturated carbocycles. The number of carbonyl (C=O) groups excluding carboxylic acids is 1. The average molecular weight is 271 g/mol. The van der Waals surface area contributed by atoms with E-state index < -0.39 is 0 Å². The van der Waals surface area contributed by atoms with Crippen molar-refractivity contribution in [2.75, 3.05) is 6.54 Å². The first kappa shape index (κ1) is 12.2. The third-order valence-electron chi connectivity index (χ3n) is 2.18. The van der Waals surface area contributed by atoms with Crippen molar-refractivity contribution in [3.8, 4) is 0 Å². The van der Waals surface area contributed by atoms with E-state index in [1.54, 1.807) is 0 Å². The summed E-state index contributed by atoms with van der Waals surface area (Å²) in [6.07, 6.45) is 0. The Bertz CT molecular complexity index is 366. The van der Waals surface area contributed by atoms with Crippen molar-refractivity contribution in [3.05, 3.63) is 33.8 Å². The second-order valence-electron chi connectivity index (χ2n) is 3.57. The molecule has 15 heavy (non-hydrogen) atoms. The lowest BCUT2D eigenvalue weighted by molar-refractivity contribution is 0.0940. The SMILES string of the molecule is Cc1ccc(Br)cc1C(=O)NC(C)CN. The zero-order chi connectivity index (χ0) is 11.4. The molecule has 0 heterocycles. The Morgan fingerprint density at radius 1 is 1.60 bits per heavy atom. The van der Waals surface area contributed by atoms with Crippen LogP contribution in [0.3, 0.4) is 0 Å². The van der Waals surface area contributed by atoms with Crippen molar-refractivity contribution < 1.29 is 4.79 Å². The number of nitrogens with one attached hydrogen (secondary N) is 1. The summed E-state index contributed by atoms with van der Waals surface area (Å²) in [5.41, 5.74) is 7.09. The third-order valence-corrected chi connectivity index (χ3v) is 2.67. The van der Waals surface area contributed by atoms with Gasteiger partial charge in [0, 0.05) is 22.6 Å². The van der Waals surface area contributed by atoms with E-state index in [1.165, 1.54) is 0 Å². The lowest BCUT2D eigenvalue weighted by Gasteiger charge is -2.12. The van der Waals surface area contributed by atoms with Gasteiger partial charge in [-0.25, -0.2) is 0 Å². The smallest absolute Gasteiger partial charge is 0.251 e. The minimum atomic E-state index is -0.0771. The number of carbonyl (C=O) groups is 1. The number of aryl methyl sites for hydroxylation is 1. The van der Waals surface area contributed by atoms with E-state index in [1.807, 2.05) is 32.0 Å². The highest BCUT2D eigenvalue weighted by molar-refractivity contribution is 9.10. The largest absolute Gasteiger partial charge is 0.348 e. The molecule has 3 nitrogen and oxygen atoms in total. The first-order valence-electron chi connectivity index (χ1n) is 4.81. The monoisotopic (exact) mass is 270 g/mol. The summed E-state index contributed by atoms with van der Waals surface area (Å²) < 4.78 is 0.902. The van der Waals surface area contributed by atoms with Crippen LogP contribution in [0.15, 0.2) is 22.7 Å². The third kappa shape index (κ3) is 3.32. The molecule has 1 aromatic carbocycles. The van der Waals surface area contributed by atoms with E-state index in [0.717, 1.165) is 10.0 Å². The van der Waals surface area contributed by atoms with Gasteiger partial charge >= 0.3 is 0 Å². The number of nitrogens with two attached hydrogens (primary N) is 1. The highest BCUT2D eigenvalue weighted by Crippen LogP contribution is 2.15. The van der Waals surface area contributed by atoms with Crippen molar-refractivity contribution in [1.29, 1.82) is 0 Å². The molecule has 0 fully saturated rings. The molecule has 3 N–H and O–H groups in total. The molecule has 0 spiro atoms. The number of rotatable bonds is 3. The summed E-state index contributed by atoms with van der Waals surface area (Å²) in [7, 11) is 0. The van der Waals surface area contributed by atoms with Gasteiger partial charge in [-0.2, -0.15) is 0 Å². The van der Waals surface area contributed by atoms with E-state index in [0.29, 0.717) is 12.1 Å². The zero-order valence-electron chi connectivity index (χ0n) is 8.88. The standard InChI is InChI=1S/C11H15BrN2O/c1-7-3-4-9(12)5-10(7)11(15)14-8(2)6-13/h3-5,8H,6,13H2,1-2H3,(H,14,15). The van der Waals surface area contributed by atoms with Crippen LogP contribution in [-0.4, -0.2) is 18.5 Å². The molecule has 0 aliphatic rings. The Labute approximate surface area is 98.2 Å². The van der Waals surface area contributed by atoms with Gasteiger partial charge in [0.25, 0.3) is 5.91 Å². The van der Waals surface area contributed by atoms with E-state index in [2.05, 4.69) is 21.2 Å². The maximum atomic E-state index is 11.8. The highest BCUT2D eigenvalue weighted by Gasteiger charge is 2.11. The number of hydrogen-bond donors (Lipinski definition) is 2. The van der Waals surface area contributed by atoms with Crippen molar-refractivity contribution in [1.82, 2.24) is 5.32 Å². The van der Waals surface area contributed by atoms with Gasteiger partial charge in [-0.05, 0) is 31.5 Å². The number of halogens is 1. The Morgan fingerprint density at radius 2 is 2.27 bits per heavy atom. The van der Waals surface area contributed by atoms with Gasteiger partial charge < -0.3 is 11.1 Å². The minimum Gasteiger partial charge on any atom is -0.348 e. The molecule has 1 atom stereocenters. The van der Waals surface area contributed by atoms with Gasteiger partial charge in [0.1, 0.15) is 0 Å². The molecule has 1 unspecified atom stereocenters. The molecule has 1 amide bonds. The molecule has 1 aromatic rings. The van der Waals surface area contributed by atoms with Crippen LogP contribution in [0.5, 0.6) is 0 Å². The summed E-state index contributed by atoms with van der Waals surface area (Å²) in [5, 5.41) is 2.83. The van der Waals surface area contributed by atoms with Gasteiger partial charge in [-0.15, -0.1) is 0 Å². The predicted octanol–water partition coefficient (Wildman–Crippen LogP) is 1.83. The second-order valence-corrected chi connectivity index (χ2v) is 4.49. The highest BCUT2D eigenvalue weighted by atomic mass is 79.9.